The van der Waals surface area contributed by atoms with Crippen LogP contribution >= 0.6 is 11.6 Å². The monoisotopic (exact) mass is 392 g/mol. The molecule has 4 nitrogen and oxygen atoms in total. The fraction of sp³-hybridized carbons (Fsp3) is 0.400. The predicted molar refractivity (Wildman–Crippen MR) is 107 cm³/mol. The largest absolute Gasteiger partial charge is 0.380 e. The van der Waals surface area contributed by atoms with E-state index in [2.05, 4.69) is 42.1 Å². The first kappa shape index (κ1) is 19.2. The van der Waals surface area contributed by atoms with Crippen LogP contribution in [0.5, 0.6) is 0 Å². The van der Waals surface area contributed by atoms with Crippen molar-refractivity contribution < 1.29 is 8.42 Å². The Balaban J connectivity index is 1.77. The molecule has 0 amide bonds. The lowest BCUT2D eigenvalue weighted by atomic mass is 9.90. The van der Waals surface area contributed by atoms with Crippen LogP contribution in [-0.2, 0) is 10.0 Å². The van der Waals surface area contributed by atoms with Crippen LogP contribution < -0.4 is 10.0 Å². The van der Waals surface area contributed by atoms with E-state index < -0.39 is 10.0 Å². The molecule has 0 saturated heterocycles. The molecule has 1 aliphatic carbocycles. The second-order valence-corrected chi connectivity index (χ2v) is 9.19. The molecule has 0 aromatic heterocycles. The van der Waals surface area contributed by atoms with Gasteiger partial charge in [-0.15, -0.1) is 0 Å². The van der Waals surface area contributed by atoms with Gasteiger partial charge in [0.15, 0.2) is 0 Å². The van der Waals surface area contributed by atoms with Crippen molar-refractivity contribution in [3.8, 4) is 0 Å². The SMILES string of the molecule is Cc1ccc(NC2CCCCC2NS(=O)(=O)c2ccc(Cl)cc2)c(C)c1. The number of halogens is 1. The van der Waals surface area contributed by atoms with Gasteiger partial charge in [0.2, 0.25) is 10.0 Å². The molecule has 0 radical (unpaired) electrons. The van der Waals surface area contributed by atoms with Gasteiger partial charge < -0.3 is 5.32 Å². The van der Waals surface area contributed by atoms with E-state index in [4.69, 9.17) is 11.6 Å². The Hall–Kier alpha value is -1.56. The van der Waals surface area contributed by atoms with E-state index in [0.29, 0.717) is 5.02 Å². The Kier molecular flexibility index (Phi) is 5.90. The first-order chi connectivity index (χ1) is 12.3. The Morgan fingerprint density at radius 1 is 0.962 bits per heavy atom. The molecule has 1 saturated carbocycles. The molecule has 26 heavy (non-hydrogen) atoms. The summed E-state index contributed by atoms with van der Waals surface area (Å²) in [5.41, 5.74) is 3.46. The highest BCUT2D eigenvalue weighted by atomic mass is 35.5. The minimum atomic E-state index is -3.57. The number of sulfonamides is 1. The second kappa shape index (κ2) is 7.99. The van der Waals surface area contributed by atoms with Crippen LogP contribution in [0.4, 0.5) is 5.69 Å². The first-order valence-electron chi connectivity index (χ1n) is 8.97. The van der Waals surface area contributed by atoms with Crippen LogP contribution in [0.25, 0.3) is 0 Å². The van der Waals surface area contributed by atoms with Crippen LogP contribution in [0.2, 0.25) is 5.02 Å². The average molecular weight is 393 g/mol. The summed E-state index contributed by atoms with van der Waals surface area (Å²) in [5, 5.41) is 4.09. The molecule has 0 bridgehead atoms. The summed E-state index contributed by atoms with van der Waals surface area (Å²) < 4.78 is 28.4. The molecule has 0 spiro atoms. The summed E-state index contributed by atoms with van der Waals surface area (Å²) in [6.45, 7) is 4.14. The van der Waals surface area contributed by atoms with Gasteiger partial charge in [-0.1, -0.05) is 42.1 Å². The minimum absolute atomic E-state index is 0.0761. The molecular formula is C20H25ClN2O2S. The zero-order chi connectivity index (χ0) is 18.7. The van der Waals surface area contributed by atoms with E-state index >= 15 is 0 Å². The molecule has 2 N–H and O–H groups in total. The number of rotatable bonds is 5. The summed E-state index contributed by atoms with van der Waals surface area (Å²) >= 11 is 5.87. The van der Waals surface area contributed by atoms with E-state index in [9.17, 15) is 8.42 Å². The molecule has 2 aromatic carbocycles. The highest BCUT2D eigenvalue weighted by Crippen LogP contribution is 2.26. The van der Waals surface area contributed by atoms with Gasteiger partial charge in [0.05, 0.1) is 4.90 Å². The van der Waals surface area contributed by atoms with Gasteiger partial charge in [0.1, 0.15) is 0 Å². The molecule has 0 heterocycles. The molecule has 2 unspecified atom stereocenters. The standard InChI is InChI=1S/C20H25ClN2O2S/c1-14-7-12-18(15(2)13-14)22-19-5-3-4-6-20(19)23-26(24,25)17-10-8-16(21)9-11-17/h7-13,19-20,22-23H,3-6H2,1-2H3. The van der Waals surface area contributed by atoms with Gasteiger partial charge in [0, 0.05) is 22.8 Å². The maximum Gasteiger partial charge on any atom is 0.240 e. The zero-order valence-corrected chi connectivity index (χ0v) is 16.7. The van der Waals surface area contributed by atoms with Crippen molar-refractivity contribution in [1.29, 1.82) is 0 Å². The summed E-state index contributed by atoms with van der Waals surface area (Å²) in [6, 6.07) is 12.5. The Morgan fingerprint density at radius 3 is 2.27 bits per heavy atom. The van der Waals surface area contributed by atoms with E-state index in [1.54, 1.807) is 24.3 Å². The van der Waals surface area contributed by atoms with Crippen molar-refractivity contribution >= 4 is 27.3 Å². The quantitative estimate of drug-likeness (QED) is 0.778. The fourth-order valence-electron chi connectivity index (χ4n) is 3.50. The summed E-state index contributed by atoms with van der Waals surface area (Å²) in [5.74, 6) is 0. The molecule has 1 fully saturated rings. The van der Waals surface area contributed by atoms with Gasteiger partial charge in [0.25, 0.3) is 0 Å². The number of hydrogen-bond acceptors (Lipinski definition) is 3. The van der Waals surface area contributed by atoms with Gasteiger partial charge in [-0.05, 0) is 62.6 Å². The van der Waals surface area contributed by atoms with Gasteiger partial charge in [-0.3, -0.25) is 0 Å². The highest BCUT2D eigenvalue weighted by Gasteiger charge is 2.29. The molecule has 0 aliphatic heterocycles. The third-order valence-corrected chi connectivity index (χ3v) is 6.68. The lowest BCUT2D eigenvalue weighted by molar-refractivity contribution is 0.378. The van der Waals surface area contributed by atoms with Crippen LogP contribution in [0.15, 0.2) is 47.4 Å². The minimum Gasteiger partial charge on any atom is -0.380 e. The second-order valence-electron chi connectivity index (χ2n) is 7.04. The maximum atomic E-state index is 12.7. The fourth-order valence-corrected chi connectivity index (χ4v) is 4.94. The predicted octanol–water partition coefficient (Wildman–Crippen LogP) is 4.66. The van der Waals surface area contributed by atoms with Crippen LogP contribution in [-0.4, -0.2) is 20.5 Å². The van der Waals surface area contributed by atoms with Gasteiger partial charge >= 0.3 is 0 Å². The summed E-state index contributed by atoms with van der Waals surface area (Å²) in [6.07, 6.45) is 3.90. The smallest absolute Gasteiger partial charge is 0.240 e. The van der Waals surface area contributed by atoms with Crippen molar-refractivity contribution in [2.24, 2.45) is 0 Å². The van der Waals surface area contributed by atoms with Crippen molar-refractivity contribution in [3.63, 3.8) is 0 Å². The molecule has 140 valence electrons. The molecular weight excluding hydrogens is 368 g/mol. The van der Waals surface area contributed by atoms with Crippen molar-refractivity contribution in [3.05, 3.63) is 58.6 Å². The number of anilines is 1. The van der Waals surface area contributed by atoms with E-state index in [0.717, 1.165) is 31.4 Å². The normalized spacial score (nSPS) is 20.7. The molecule has 6 heteroatoms. The maximum absolute atomic E-state index is 12.7. The molecule has 2 atom stereocenters. The number of hydrogen-bond donors (Lipinski definition) is 2. The van der Waals surface area contributed by atoms with Crippen LogP contribution in [0.1, 0.15) is 36.8 Å². The lowest BCUT2D eigenvalue weighted by Crippen LogP contribution is -2.48. The van der Waals surface area contributed by atoms with E-state index in [1.807, 2.05) is 0 Å². The molecule has 1 aliphatic rings. The topological polar surface area (TPSA) is 58.2 Å². The summed E-state index contributed by atoms with van der Waals surface area (Å²) in [7, 11) is -3.57. The van der Waals surface area contributed by atoms with Crippen LogP contribution in [0, 0.1) is 13.8 Å². The first-order valence-corrected chi connectivity index (χ1v) is 10.8. The van der Waals surface area contributed by atoms with E-state index in [1.165, 1.54) is 11.1 Å². The number of benzene rings is 2. The average Bonchev–Trinajstić information content (AvgIpc) is 2.59. The van der Waals surface area contributed by atoms with Gasteiger partial charge in [-0.25, -0.2) is 13.1 Å². The Labute approximate surface area is 161 Å². The Bertz CT molecular complexity index is 866. The summed E-state index contributed by atoms with van der Waals surface area (Å²) in [4.78, 5) is 0.248. The number of nitrogens with one attached hydrogen (secondary N) is 2. The lowest BCUT2D eigenvalue weighted by Gasteiger charge is -2.33. The number of aryl methyl sites for hydroxylation is 2. The zero-order valence-electron chi connectivity index (χ0n) is 15.1. The van der Waals surface area contributed by atoms with Gasteiger partial charge in [-0.2, -0.15) is 0 Å². The Morgan fingerprint density at radius 2 is 1.62 bits per heavy atom. The molecule has 2 aromatic rings. The molecule has 3 rings (SSSR count). The third kappa shape index (κ3) is 4.58. The van der Waals surface area contributed by atoms with Crippen molar-refractivity contribution in [2.45, 2.75) is 56.5 Å². The third-order valence-electron chi connectivity index (χ3n) is 4.92. The van der Waals surface area contributed by atoms with Crippen molar-refractivity contribution in [1.82, 2.24) is 4.72 Å². The highest BCUT2D eigenvalue weighted by molar-refractivity contribution is 7.89. The van der Waals surface area contributed by atoms with Crippen molar-refractivity contribution in [2.75, 3.05) is 5.32 Å². The van der Waals surface area contributed by atoms with Crippen LogP contribution in [0.3, 0.4) is 0 Å². The van der Waals surface area contributed by atoms with E-state index in [-0.39, 0.29) is 17.0 Å².